The Labute approximate surface area is 83.4 Å². The Balaban J connectivity index is 2.88. The topological polar surface area (TPSA) is 38.3 Å². The summed E-state index contributed by atoms with van der Waals surface area (Å²) in [5, 5.41) is 2.61. The largest absolute Gasteiger partial charge is 0.489 e. The molecule has 14 heavy (non-hydrogen) atoms. The third-order valence-corrected chi connectivity index (χ3v) is 1.86. The van der Waals surface area contributed by atoms with Crippen LogP contribution in [0.15, 0.2) is 30.9 Å². The molecule has 0 fully saturated rings. The first-order valence-electron chi connectivity index (χ1n) is 4.33. The van der Waals surface area contributed by atoms with Gasteiger partial charge in [-0.2, -0.15) is 0 Å². The van der Waals surface area contributed by atoms with E-state index < -0.39 is 0 Å². The van der Waals surface area contributed by atoms with Gasteiger partial charge in [0.15, 0.2) is 0 Å². The van der Waals surface area contributed by atoms with E-state index in [1.165, 1.54) is 0 Å². The Morgan fingerprint density at radius 3 is 3.00 bits per heavy atom. The van der Waals surface area contributed by atoms with E-state index in [0.29, 0.717) is 13.0 Å². The van der Waals surface area contributed by atoms with Crippen molar-refractivity contribution in [3.8, 4) is 5.75 Å². The lowest BCUT2D eigenvalue weighted by Gasteiger charge is -2.10. The predicted molar refractivity (Wildman–Crippen MR) is 56.6 cm³/mol. The number of carbonyl (C=O) groups is 1. The molecular weight excluding hydrogens is 178 g/mol. The molecule has 0 atom stereocenters. The summed E-state index contributed by atoms with van der Waals surface area (Å²) in [6, 6.07) is 5.51. The molecule has 1 N–H and O–H groups in total. The lowest BCUT2D eigenvalue weighted by molar-refractivity contribution is -0.105. The minimum absolute atomic E-state index is 0.464. The van der Waals surface area contributed by atoms with Crippen LogP contribution in [-0.2, 0) is 4.79 Å². The Bertz CT molecular complexity index is 334. The smallest absolute Gasteiger partial charge is 0.211 e. The molecule has 74 valence electrons. The molecule has 0 aliphatic rings. The number of rotatable bonds is 5. The zero-order valence-corrected chi connectivity index (χ0v) is 8.12. The van der Waals surface area contributed by atoms with Gasteiger partial charge < -0.3 is 10.1 Å². The lowest BCUT2D eigenvalue weighted by Crippen LogP contribution is -2.00. The van der Waals surface area contributed by atoms with E-state index in [-0.39, 0.29) is 0 Å². The van der Waals surface area contributed by atoms with Crippen LogP contribution < -0.4 is 10.1 Å². The Kier molecular flexibility index (Phi) is 3.73. The molecule has 0 aliphatic heterocycles. The normalized spacial score (nSPS) is 9.21. The number of carbonyl (C=O) groups excluding carboxylic acids is 1. The monoisotopic (exact) mass is 191 g/mol. The number of hydrogen-bond donors (Lipinski definition) is 1. The molecular formula is C11H13NO2. The molecule has 0 aliphatic carbocycles. The van der Waals surface area contributed by atoms with Gasteiger partial charge in [-0.3, -0.25) is 4.79 Å². The number of hydrogen-bond acceptors (Lipinski definition) is 2. The van der Waals surface area contributed by atoms with E-state index in [1.807, 2.05) is 25.1 Å². The summed E-state index contributed by atoms with van der Waals surface area (Å²) < 4.78 is 5.40. The van der Waals surface area contributed by atoms with Crippen LogP contribution in [0.4, 0.5) is 5.69 Å². The fourth-order valence-electron chi connectivity index (χ4n) is 1.14. The van der Waals surface area contributed by atoms with Crippen LogP contribution in [0.5, 0.6) is 5.75 Å². The molecule has 0 aromatic heterocycles. The van der Waals surface area contributed by atoms with Crippen LogP contribution in [-0.4, -0.2) is 13.0 Å². The van der Waals surface area contributed by atoms with Crippen LogP contribution in [0.2, 0.25) is 0 Å². The molecule has 0 bridgehead atoms. The maximum Gasteiger partial charge on any atom is 0.211 e. The highest BCUT2D eigenvalue weighted by atomic mass is 16.5. The van der Waals surface area contributed by atoms with Crippen molar-refractivity contribution in [2.24, 2.45) is 0 Å². The van der Waals surface area contributed by atoms with E-state index in [2.05, 4.69) is 11.9 Å². The van der Waals surface area contributed by atoms with E-state index in [4.69, 9.17) is 4.74 Å². The molecule has 1 amide bonds. The number of benzene rings is 1. The molecule has 0 saturated carbocycles. The molecule has 0 heterocycles. The van der Waals surface area contributed by atoms with Gasteiger partial charge in [-0.1, -0.05) is 18.7 Å². The maximum absolute atomic E-state index is 10.3. The summed E-state index contributed by atoms with van der Waals surface area (Å²) in [5.41, 5.74) is 1.68. The molecule has 0 spiro atoms. The molecule has 3 nitrogen and oxygen atoms in total. The van der Waals surface area contributed by atoms with Crippen molar-refractivity contribution in [2.75, 3.05) is 11.9 Å². The average Bonchev–Trinajstić information content (AvgIpc) is 2.20. The SMILES string of the molecule is C=CCOc1cccc(NC=O)c1C. The fourth-order valence-corrected chi connectivity index (χ4v) is 1.14. The average molecular weight is 191 g/mol. The number of amides is 1. The van der Waals surface area contributed by atoms with Crippen molar-refractivity contribution in [1.29, 1.82) is 0 Å². The molecule has 1 aromatic rings. The maximum atomic E-state index is 10.3. The Hall–Kier alpha value is -1.77. The predicted octanol–water partition coefficient (Wildman–Crippen LogP) is 2.13. The van der Waals surface area contributed by atoms with Crippen molar-refractivity contribution in [1.82, 2.24) is 0 Å². The van der Waals surface area contributed by atoms with Gasteiger partial charge in [-0.05, 0) is 19.1 Å². The van der Waals surface area contributed by atoms with E-state index in [0.717, 1.165) is 17.0 Å². The zero-order valence-electron chi connectivity index (χ0n) is 8.12. The van der Waals surface area contributed by atoms with Gasteiger partial charge in [0.1, 0.15) is 12.4 Å². The van der Waals surface area contributed by atoms with E-state index in [9.17, 15) is 4.79 Å². The van der Waals surface area contributed by atoms with Crippen molar-refractivity contribution in [3.63, 3.8) is 0 Å². The highest BCUT2D eigenvalue weighted by molar-refractivity contribution is 5.74. The van der Waals surface area contributed by atoms with Gasteiger partial charge in [0.05, 0.1) is 0 Å². The fraction of sp³-hybridized carbons (Fsp3) is 0.182. The highest BCUT2D eigenvalue weighted by Gasteiger charge is 2.02. The van der Waals surface area contributed by atoms with Crippen molar-refractivity contribution < 1.29 is 9.53 Å². The second kappa shape index (κ2) is 5.07. The third-order valence-electron chi connectivity index (χ3n) is 1.86. The van der Waals surface area contributed by atoms with Gasteiger partial charge in [-0.25, -0.2) is 0 Å². The van der Waals surface area contributed by atoms with Gasteiger partial charge in [-0.15, -0.1) is 0 Å². The summed E-state index contributed by atoms with van der Waals surface area (Å²) in [5.74, 6) is 0.761. The van der Waals surface area contributed by atoms with Crippen LogP contribution in [0, 0.1) is 6.92 Å². The summed E-state index contributed by atoms with van der Waals surface area (Å²) in [7, 11) is 0. The molecule has 0 unspecified atom stereocenters. The Morgan fingerprint density at radius 2 is 2.36 bits per heavy atom. The second-order valence-electron chi connectivity index (χ2n) is 2.79. The summed E-state index contributed by atoms with van der Waals surface area (Å²) in [4.78, 5) is 10.3. The summed E-state index contributed by atoms with van der Waals surface area (Å²) in [6.07, 6.45) is 2.33. The third kappa shape index (κ3) is 2.36. The summed E-state index contributed by atoms with van der Waals surface area (Å²) in [6.45, 7) is 5.92. The van der Waals surface area contributed by atoms with Crippen molar-refractivity contribution in [2.45, 2.75) is 6.92 Å². The van der Waals surface area contributed by atoms with Crippen LogP contribution >= 0.6 is 0 Å². The Morgan fingerprint density at radius 1 is 1.57 bits per heavy atom. The quantitative estimate of drug-likeness (QED) is 0.572. The zero-order chi connectivity index (χ0) is 10.4. The van der Waals surface area contributed by atoms with Crippen molar-refractivity contribution in [3.05, 3.63) is 36.4 Å². The van der Waals surface area contributed by atoms with E-state index >= 15 is 0 Å². The lowest BCUT2D eigenvalue weighted by atomic mass is 10.2. The number of ether oxygens (including phenoxy) is 1. The first kappa shape index (κ1) is 10.3. The first-order chi connectivity index (χ1) is 6.79. The van der Waals surface area contributed by atoms with Crippen LogP contribution in [0.1, 0.15) is 5.56 Å². The molecule has 0 radical (unpaired) electrons. The van der Waals surface area contributed by atoms with Gasteiger partial charge in [0, 0.05) is 11.3 Å². The van der Waals surface area contributed by atoms with Gasteiger partial charge in [0.2, 0.25) is 6.41 Å². The first-order valence-corrected chi connectivity index (χ1v) is 4.33. The van der Waals surface area contributed by atoms with Crippen molar-refractivity contribution >= 4 is 12.1 Å². The molecule has 1 rings (SSSR count). The molecule has 0 saturated heterocycles. The standard InChI is InChI=1S/C11H13NO2/c1-3-7-14-11-6-4-5-10(9(11)2)12-8-13/h3-6,8H,1,7H2,2H3,(H,12,13). The molecule has 1 aromatic carbocycles. The van der Waals surface area contributed by atoms with Gasteiger partial charge >= 0.3 is 0 Å². The minimum Gasteiger partial charge on any atom is -0.489 e. The minimum atomic E-state index is 0.464. The van der Waals surface area contributed by atoms with Crippen LogP contribution in [0.3, 0.4) is 0 Å². The van der Waals surface area contributed by atoms with Crippen LogP contribution in [0.25, 0.3) is 0 Å². The number of nitrogens with one attached hydrogen (secondary N) is 1. The van der Waals surface area contributed by atoms with Gasteiger partial charge in [0.25, 0.3) is 0 Å². The summed E-state index contributed by atoms with van der Waals surface area (Å²) >= 11 is 0. The highest BCUT2D eigenvalue weighted by Crippen LogP contribution is 2.24. The van der Waals surface area contributed by atoms with E-state index in [1.54, 1.807) is 6.08 Å². The molecule has 3 heteroatoms. The number of anilines is 1. The second-order valence-corrected chi connectivity index (χ2v) is 2.79.